The Hall–Kier alpha value is -2.90. The zero-order valence-electron chi connectivity index (χ0n) is 14.8. The van der Waals surface area contributed by atoms with Crippen LogP contribution < -0.4 is 16.3 Å². The number of rotatable bonds is 4. The number of aromatic nitrogens is 2. The van der Waals surface area contributed by atoms with Gasteiger partial charge in [-0.05, 0) is 49.0 Å². The van der Waals surface area contributed by atoms with Crippen molar-refractivity contribution in [3.63, 3.8) is 0 Å². The van der Waals surface area contributed by atoms with Gasteiger partial charge in [-0.3, -0.25) is 14.9 Å². The molecule has 0 spiro atoms. The molecule has 0 fully saturated rings. The van der Waals surface area contributed by atoms with Crippen LogP contribution in [0, 0.1) is 6.92 Å². The normalized spacial score (nSPS) is 10.9. The Labute approximate surface area is 167 Å². The van der Waals surface area contributed by atoms with Crippen LogP contribution in [0.4, 0.5) is 5.69 Å². The summed E-state index contributed by atoms with van der Waals surface area (Å²) < 4.78 is 3.35. The Morgan fingerprint density at radius 1 is 1.19 bits per heavy atom. The first-order valence-corrected chi connectivity index (χ1v) is 8.95. The largest absolute Gasteiger partial charge is 0.325 e. The van der Waals surface area contributed by atoms with E-state index in [-0.39, 0.29) is 10.7 Å². The van der Waals surface area contributed by atoms with Crippen molar-refractivity contribution in [2.75, 3.05) is 5.32 Å². The van der Waals surface area contributed by atoms with E-state index in [1.165, 1.54) is 0 Å². The van der Waals surface area contributed by atoms with Crippen LogP contribution in [0.25, 0.3) is 5.69 Å². The number of hydrazone groups is 1. The number of nitrogens with zero attached hydrogens (tertiary/aromatic N) is 3. The number of halogens is 1. The van der Waals surface area contributed by atoms with Gasteiger partial charge in [-0.2, -0.15) is 5.10 Å². The van der Waals surface area contributed by atoms with E-state index in [9.17, 15) is 4.79 Å². The Bertz CT molecular complexity index is 1060. The van der Waals surface area contributed by atoms with Crippen molar-refractivity contribution in [1.82, 2.24) is 14.8 Å². The highest BCUT2D eigenvalue weighted by Gasteiger charge is 2.16. The molecule has 2 aromatic carbocycles. The van der Waals surface area contributed by atoms with Gasteiger partial charge >= 0.3 is 0 Å². The highest BCUT2D eigenvalue weighted by atomic mass is 35.5. The zero-order valence-corrected chi connectivity index (χ0v) is 16.4. The van der Waals surface area contributed by atoms with Gasteiger partial charge in [0, 0.05) is 12.1 Å². The summed E-state index contributed by atoms with van der Waals surface area (Å²) in [7, 11) is 1.82. The van der Waals surface area contributed by atoms with Crippen LogP contribution in [0.2, 0.25) is 5.02 Å². The molecular weight excluding hydrogens is 382 g/mol. The second-order valence-electron chi connectivity index (χ2n) is 5.82. The zero-order chi connectivity index (χ0) is 19.4. The van der Waals surface area contributed by atoms with Crippen molar-refractivity contribution >= 4 is 40.8 Å². The maximum atomic E-state index is 12.8. The molecule has 0 aliphatic carbocycles. The minimum Gasteiger partial charge on any atom is -0.325 e. The van der Waals surface area contributed by atoms with Crippen molar-refractivity contribution in [2.45, 2.75) is 6.92 Å². The van der Waals surface area contributed by atoms with E-state index < -0.39 is 0 Å². The highest BCUT2D eigenvalue weighted by Crippen LogP contribution is 2.13. The van der Waals surface area contributed by atoms with E-state index >= 15 is 0 Å². The van der Waals surface area contributed by atoms with Gasteiger partial charge in [-0.25, -0.2) is 4.68 Å². The summed E-state index contributed by atoms with van der Waals surface area (Å²) in [6.45, 7) is 1.85. The van der Waals surface area contributed by atoms with E-state index in [1.807, 2.05) is 56.4 Å². The number of para-hydroxylation sites is 1. The molecular formula is C19H18ClN5OS. The average Bonchev–Trinajstić information content (AvgIpc) is 2.86. The van der Waals surface area contributed by atoms with Crippen LogP contribution in [0.5, 0.6) is 0 Å². The van der Waals surface area contributed by atoms with Crippen molar-refractivity contribution < 1.29 is 0 Å². The summed E-state index contributed by atoms with van der Waals surface area (Å²) in [6, 6.07) is 16.7. The van der Waals surface area contributed by atoms with Crippen molar-refractivity contribution in [3.05, 3.63) is 81.2 Å². The first-order valence-electron chi connectivity index (χ1n) is 8.17. The van der Waals surface area contributed by atoms with Crippen molar-refractivity contribution in [1.29, 1.82) is 0 Å². The molecule has 27 heavy (non-hydrogen) atoms. The van der Waals surface area contributed by atoms with Gasteiger partial charge < -0.3 is 5.32 Å². The standard InChI is InChI=1S/C19H18ClN5OS/c1-13-17(18(26)25(24(13)2)16-9-4-3-5-10-16)22-19(27)23-21-12-14-7-6-8-15(20)11-14/h3-12H,1-2H3,(H2,22,23,27)/b21-12-. The molecule has 8 heteroatoms. The fraction of sp³-hybridized carbons (Fsp3) is 0.105. The molecule has 3 aromatic rings. The molecule has 0 saturated carbocycles. The average molecular weight is 400 g/mol. The maximum Gasteiger partial charge on any atom is 0.295 e. The molecule has 1 heterocycles. The van der Waals surface area contributed by atoms with Gasteiger partial charge in [0.25, 0.3) is 5.56 Å². The van der Waals surface area contributed by atoms with E-state index in [0.717, 1.165) is 16.9 Å². The molecule has 0 amide bonds. The molecule has 0 atom stereocenters. The fourth-order valence-electron chi connectivity index (χ4n) is 2.61. The Morgan fingerprint density at radius 2 is 1.93 bits per heavy atom. The van der Waals surface area contributed by atoms with Crippen LogP contribution in [0.15, 0.2) is 64.5 Å². The van der Waals surface area contributed by atoms with E-state index in [0.29, 0.717) is 10.7 Å². The topological polar surface area (TPSA) is 63.4 Å². The predicted octanol–water partition coefficient (Wildman–Crippen LogP) is 3.46. The summed E-state index contributed by atoms with van der Waals surface area (Å²) in [5.74, 6) is 0. The summed E-state index contributed by atoms with van der Waals surface area (Å²) in [5.41, 5.74) is 5.29. The second-order valence-corrected chi connectivity index (χ2v) is 6.66. The molecule has 0 bridgehead atoms. The van der Waals surface area contributed by atoms with Gasteiger partial charge in [-0.15, -0.1) is 0 Å². The lowest BCUT2D eigenvalue weighted by Gasteiger charge is -2.07. The number of benzene rings is 2. The number of hydrogen-bond acceptors (Lipinski definition) is 3. The number of thiocarbonyl (C=S) groups is 1. The Balaban J connectivity index is 1.76. The highest BCUT2D eigenvalue weighted by molar-refractivity contribution is 7.80. The van der Waals surface area contributed by atoms with Gasteiger partial charge in [0.1, 0.15) is 5.69 Å². The molecule has 0 radical (unpaired) electrons. The van der Waals surface area contributed by atoms with Crippen LogP contribution >= 0.6 is 23.8 Å². The van der Waals surface area contributed by atoms with E-state index in [4.69, 9.17) is 23.8 Å². The van der Waals surface area contributed by atoms with Crippen LogP contribution in [-0.4, -0.2) is 20.7 Å². The van der Waals surface area contributed by atoms with Crippen LogP contribution in [0.3, 0.4) is 0 Å². The lowest BCUT2D eigenvalue weighted by Crippen LogP contribution is -2.28. The van der Waals surface area contributed by atoms with Crippen LogP contribution in [0.1, 0.15) is 11.3 Å². The summed E-state index contributed by atoms with van der Waals surface area (Å²) >= 11 is 11.2. The number of anilines is 1. The molecule has 0 aliphatic rings. The molecule has 1 aromatic heterocycles. The second kappa shape index (κ2) is 8.20. The van der Waals surface area contributed by atoms with E-state index in [1.54, 1.807) is 27.7 Å². The molecule has 6 nitrogen and oxygen atoms in total. The van der Waals surface area contributed by atoms with Crippen molar-refractivity contribution in [2.24, 2.45) is 12.1 Å². The fourth-order valence-corrected chi connectivity index (χ4v) is 2.96. The smallest absolute Gasteiger partial charge is 0.295 e. The maximum absolute atomic E-state index is 12.8. The monoisotopic (exact) mass is 399 g/mol. The van der Waals surface area contributed by atoms with Crippen molar-refractivity contribution in [3.8, 4) is 5.69 Å². The molecule has 3 rings (SSSR count). The quantitative estimate of drug-likeness (QED) is 0.400. The number of nitrogens with one attached hydrogen (secondary N) is 2. The van der Waals surface area contributed by atoms with Crippen LogP contribution in [-0.2, 0) is 7.05 Å². The molecule has 0 aliphatic heterocycles. The van der Waals surface area contributed by atoms with Gasteiger partial charge in [0.2, 0.25) is 0 Å². The van der Waals surface area contributed by atoms with Gasteiger partial charge in [0.05, 0.1) is 17.6 Å². The molecule has 138 valence electrons. The Morgan fingerprint density at radius 3 is 2.63 bits per heavy atom. The lowest BCUT2D eigenvalue weighted by molar-refractivity contribution is 0.630. The minimum atomic E-state index is -0.191. The third-order valence-electron chi connectivity index (χ3n) is 4.02. The summed E-state index contributed by atoms with van der Waals surface area (Å²) in [5, 5.41) is 7.85. The summed E-state index contributed by atoms with van der Waals surface area (Å²) in [6.07, 6.45) is 1.60. The summed E-state index contributed by atoms with van der Waals surface area (Å²) in [4.78, 5) is 12.8. The molecule has 0 saturated heterocycles. The predicted molar refractivity (Wildman–Crippen MR) is 114 cm³/mol. The third-order valence-corrected chi connectivity index (χ3v) is 4.45. The first-order chi connectivity index (χ1) is 13.0. The number of hydrogen-bond donors (Lipinski definition) is 2. The first kappa shape index (κ1) is 18.9. The minimum absolute atomic E-state index is 0.191. The lowest BCUT2D eigenvalue weighted by atomic mass is 10.2. The Kier molecular flexibility index (Phi) is 5.73. The SMILES string of the molecule is Cc1c(NC(=S)N/N=C\c2cccc(Cl)c2)c(=O)n(-c2ccccc2)n1C. The van der Waals surface area contributed by atoms with Gasteiger partial charge in [0.15, 0.2) is 5.11 Å². The van der Waals surface area contributed by atoms with E-state index in [2.05, 4.69) is 15.8 Å². The third kappa shape index (κ3) is 4.27. The van der Waals surface area contributed by atoms with Gasteiger partial charge in [-0.1, -0.05) is 41.9 Å². The molecule has 0 unspecified atom stereocenters. The molecule has 2 N–H and O–H groups in total.